The molecule has 24 heavy (non-hydrogen) atoms. The predicted molar refractivity (Wildman–Crippen MR) is 94.6 cm³/mol. The summed E-state index contributed by atoms with van der Waals surface area (Å²) in [7, 11) is 0. The Morgan fingerprint density at radius 1 is 1.29 bits per heavy atom. The summed E-state index contributed by atoms with van der Waals surface area (Å²) < 4.78 is 1.84. The summed E-state index contributed by atoms with van der Waals surface area (Å²) >= 11 is 0. The highest BCUT2D eigenvalue weighted by atomic mass is 16.1. The topological polar surface area (TPSA) is 70.5 Å². The average Bonchev–Trinajstić information content (AvgIpc) is 3.06. The lowest BCUT2D eigenvalue weighted by Crippen LogP contribution is -2.28. The van der Waals surface area contributed by atoms with Crippen LogP contribution in [0.3, 0.4) is 0 Å². The van der Waals surface area contributed by atoms with Crippen LogP contribution in [0.25, 0.3) is 0 Å². The van der Waals surface area contributed by atoms with E-state index in [1.807, 2.05) is 23.1 Å². The molecule has 0 spiro atoms. The van der Waals surface area contributed by atoms with E-state index in [2.05, 4.69) is 34.7 Å². The molecule has 1 saturated heterocycles. The molecule has 1 fully saturated rings. The summed E-state index contributed by atoms with van der Waals surface area (Å²) in [5, 5.41) is 8.04. The Labute approximate surface area is 141 Å². The van der Waals surface area contributed by atoms with Crippen molar-refractivity contribution in [1.82, 2.24) is 5.32 Å². The molecule has 1 aliphatic carbocycles. The van der Waals surface area contributed by atoms with E-state index in [1.54, 1.807) is 6.08 Å². The van der Waals surface area contributed by atoms with Gasteiger partial charge >= 0.3 is 0 Å². The Balaban J connectivity index is 1.58. The molecule has 1 amide bonds. The maximum absolute atomic E-state index is 11.6. The van der Waals surface area contributed by atoms with E-state index in [0.717, 1.165) is 24.5 Å². The quantitative estimate of drug-likeness (QED) is 0.834. The summed E-state index contributed by atoms with van der Waals surface area (Å²) in [4.78, 5) is 11.6. The second-order valence-corrected chi connectivity index (χ2v) is 6.47. The lowest BCUT2D eigenvalue weighted by molar-refractivity contribution is -0.437. The van der Waals surface area contributed by atoms with Gasteiger partial charge in [0.25, 0.3) is 5.91 Å². The van der Waals surface area contributed by atoms with Gasteiger partial charge in [-0.05, 0) is 36.9 Å². The number of allylic oxidation sites excluding steroid dienone is 3. The first kappa shape index (κ1) is 15.0. The lowest BCUT2D eigenvalue weighted by Gasteiger charge is -2.22. The second-order valence-electron chi connectivity index (χ2n) is 6.47. The van der Waals surface area contributed by atoms with E-state index in [-0.39, 0.29) is 5.92 Å². The molecule has 122 valence electrons. The van der Waals surface area contributed by atoms with Gasteiger partial charge in [0.1, 0.15) is 11.6 Å². The summed E-state index contributed by atoms with van der Waals surface area (Å²) in [6.07, 6.45) is 10.1. The Bertz CT molecular complexity index is 780. The lowest BCUT2D eigenvalue weighted by atomic mass is 9.91. The van der Waals surface area contributed by atoms with Gasteiger partial charge in [0.2, 0.25) is 5.69 Å². The van der Waals surface area contributed by atoms with Crippen LogP contribution in [0.4, 0.5) is 5.69 Å². The first-order valence-electron chi connectivity index (χ1n) is 8.44. The van der Waals surface area contributed by atoms with Crippen LogP contribution in [0.1, 0.15) is 24.3 Å². The van der Waals surface area contributed by atoms with E-state index in [1.165, 1.54) is 18.4 Å². The number of fused-ring (bicyclic) bond motifs is 1. The van der Waals surface area contributed by atoms with Gasteiger partial charge < -0.3 is 11.1 Å². The van der Waals surface area contributed by atoms with Gasteiger partial charge in [-0.2, -0.15) is 0 Å². The number of nitrogens with one attached hydrogen (secondary N) is 1. The number of hydrogen-bond donors (Lipinski definition) is 2. The van der Waals surface area contributed by atoms with Crippen LogP contribution in [-0.4, -0.2) is 35.6 Å². The Kier molecular flexibility index (Phi) is 3.86. The Morgan fingerprint density at radius 2 is 2.12 bits per heavy atom. The van der Waals surface area contributed by atoms with Gasteiger partial charge in [-0.15, -0.1) is 0 Å². The summed E-state index contributed by atoms with van der Waals surface area (Å²) in [5.41, 5.74) is 9.04. The van der Waals surface area contributed by atoms with Crippen LogP contribution in [-0.2, 0) is 4.79 Å². The van der Waals surface area contributed by atoms with E-state index in [9.17, 15) is 4.79 Å². The minimum atomic E-state index is -0.432. The maximum Gasteiger partial charge on any atom is 0.250 e. The van der Waals surface area contributed by atoms with Crippen molar-refractivity contribution in [3.8, 4) is 0 Å². The van der Waals surface area contributed by atoms with Gasteiger partial charge in [-0.3, -0.25) is 4.79 Å². The highest BCUT2D eigenvalue weighted by molar-refractivity contribution is 6.26. The Hall–Kier alpha value is -2.53. The number of hydrogen-bond acceptors (Lipinski definition) is 3. The van der Waals surface area contributed by atoms with Gasteiger partial charge in [0, 0.05) is 23.8 Å². The molecular weight excluding hydrogens is 300 g/mol. The van der Waals surface area contributed by atoms with Crippen LogP contribution in [0, 0.1) is 5.92 Å². The third-order valence-corrected chi connectivity index (χ3v) is 4.88. The number of primary amides is 1. The van der Waals surface area contributed by atoms with Crippen LogP contribution in [0.5, 0.6) is 0 Å². The third-order valence-electron chi connectivity index (χ3n) is 4.88. The largest absolute Gasteiger partial charge is 0.366 e. The smallest absolute Gasteiger partial charge is 0.250 e. The van der Waals surface area contributed by atoms with E-state index >= 15 is 0 Å². The average molecular weight is 321 g/mol. The molecule has 0 aromatic heterocycles. The molecule has 2 heterocycles. The van der Waals surface area contributed by atoms with Gasteiger partial charge in [-0.25, -0.2) is 0 Å². The van der Waals surface area contributed by atoms with Crippen molar-refractivity contribution in [3.05, 3.63) is 53.6 Å². The standard InChI is InChI=1S/C19H20N4O/c20-19(24)17-5-1-3-15-12-23(22-18(15)17)16-8-6-13(7-9-16)14-4-2-10-21-11-14/h1,3,5-9,12,14-15,21H,2,4,10-11H2,(H-,20,24)/p+1/t14-,15?/m1/s1. The molecular formula is C19H21N4O+. The molecule has 0 radical (unpaired) electrons. The van der Waals surface area contributed by atoms with Crippen LogP contribution in [0.2, 0.25) is 0 Å². The van der Waals surface area contributed by atoms with Gasteiger partial charge in [0.05, 0.1) is 5.57 Å². The summed E-state index contributed by atoms with van der Waals surface area (Å²) in [6.45, 7) is 2.18. The molecule has 3 aliphatic rings. The molecule has 1 unspecified atom stereocenters. The fraction of sp³-hybridized carbons (Fsp3) is 0.316. The molecule has 2 aliphatic heterocycles. The number of carbonyl (C=O) groups is 1. The monoisotopic (exact) mass is 321 g/mol. The van der Waals surface area contributed by atoms with Crippen molar-refractivity contribution in [2.24, 2.45) is 16.8 Å². The van der Waals surface area contributed by atoms with Crippen molar-refractivity contribution in [2.75, 3.05) is 13.1 Å². The number of hydrazone groups is 1. The molecule has 5 nitrogen and oxygen atoms in total. The predicted octanol–water partition coefficient (Wildman–Crippen LogP) is 1.84. The first-order chi connectivity index (χ1) is 11.7. The zero-order valence-corrected chi connectivity index (χ0v) is 13.5. The van der Waals surface area contributed by atoms with Gasteiger partial charge in [0.15, 0.2) is 6.21 Å². The van der Waals surface area contributed by atoms with Gasteiger partial charge in [-0.1, -0.05) is 29.0 Å². The van der Waals surface area contributed by atoms with Crippen molar-refractivity contribution in [1.29, 1.82) is 0 Å². The first-order valence-corrected chi connectivity index (χ1v) is 8.44. The minimum absolute atomic E-state index is 0.0136. The zero-order chi connectivity index (χ0) is 16.5. The molecule has 3 N–H and O–H groups in total. The molecule has 0 saturated carbocycles. The van der Waals surface area contributed by atoms with E-state index in [0.29, 0.717) is 11.5 Å². The molecule has 1 aromatic carbocycles. The zero-order valence-electron chi connectivity index (χ0n) is 13.5. The number of nitrogens with two attached hydrogens (primary N) is 1. The maximum atomic E-state index is 11.6. The number of nitrogens with zero attached hydrogens (tertiary/aromatic N) is 2. The van der Waals surface area contributed by atoms with Crippen LogP contribution >= 0.6 is 0 Å². The van der Waals surface area contributed by atoms with Crippen molar-refractivity contribution in [2.45, 2.75) is 18.8 Å². The van der Waals surface area contributed by atoms with Crippen LogP contribution < -0.4 is 11.1 Å². The fourth-order valence-corrected chi connectivity index (χ4v) is 3.56. The number of rotatable bonds is 3. The minimum Gasteiger partial charge on any atom is -0.366 e. The molecule has 1 aromatic rings. The summed E-state index contributed by atoms with van der Waals surface area (Å²) in [5.74, 6) is 0.176. The summed E-state index contributed by atoms with van der Waals surface area (Å²) in [6, 6.07) is 8.56. The van der Waals surface area contributed by atoms with Crippen molar-refractivity contribution < 1.29 is 9.48 Å². The number of piperidine rings is 1. The second kappa shape index (κ2) is 6.17. The SMILES string of the molecule is NC(=O)C1=CC=CC2C=[N+](c3ccc([C@@H]4CCCNC4)cc3)N=C12. The number of carbonyl (C=O) groups excluding carboxylic acids is 1. The molecule has 4 rings (SSSR count). The highest BCUT2D eigenvalue weighted by Gasteiger charge is 2.33. The van der Waals surface area contributed by atoms with Crippen molar-refractivity contribution in [3.63, 3.8) is 0 Å². The Morgan fingerprint density at radius 3 is 2.83 bits per heavy atom. The normalized spacial score (nSPS) is 25.6. The van der Waals surface area contributed by atoms with Crippen molar-refractivity contribution >= 4 is 23.5 Å². The molecule has 0 bridgehead atoms. The fourth-order valence-electron chi connectivity index (χ4n) is 3.56. The number of amides is 1. The van der Waals surface area contributed by atoms with Crippen LogP contribution in [0.15, 0.2) is 53.2 Å². The van der Waals surface area contributed by atoms with E-state index < -0.39 is 5.91 Å². The number of benzene rings is 1. The van der Waals surface area contributed by atoms with E-state index in [4.69, 9.17) is 5.73 Å². The molecule has 2 atom stereocenters. The highest BCUT2D eigenvalue weighted by Crippen LogP contribution is 2.27. The molecule has 5 heteroatoms. The third kappa shape index (κ3) is 2.71.